The minimum absolute atomic E-state index is 0.316. The third-order valence-corrected chi connectivity index (χ3v) is 4.92. The van der Waals surface area contributed by atoms with Gasteiger partial charge in [0, 0.05) is 11.1 Å². The number of aryl methyl sites for hydroxylation is 1. The molecule has 0 aliphatic rings. The number of hydrogen-bond acceptors (Lipinski definition) is 5. The van der Waals surface area contributed by atoms with E-state index in [-0.39, 0.29) is 5.91 Å². The lowest BCUT2D eigenvalue weighted by Gasteiger charge is -2.03. The van der Waals surface area contributed by atoms with Crippen molar-refractivity contribution in [3.05, 3.63) is 83.3 Å². The van der Waals surface area contributed by atoms with Gasteiger partial charge < -0.3 is 4.74 Å². The average Bonchev–Trinajstić information content (AvgIpc) is 3.40. The summed E-state index contributed by atoms with van der Waals surface area (Å²) in [6, 6.07) is 19.0. The summed E-state index contributed by atoms with van der Waals surface area (Å²) in [4.78, 5) is 12.4. The summed E-state index contributed by atoms with van der Waals surface area (Å²) < 4.78 is 7.01. The van der Waals surface area contributed by atoms with Crippen molar-refractivity contribution in [3.8, 4) is 22.7 Å². The fourth-order valence-electron chi connectivity index (χ4n) is 3.23. The molecule has 0 aliphatic heterocycles. The standard InChI is InChI=1S/C23H22N6O2/c1-15-20(16(2)29(28-15)18-7-5-4-6-8-18)14-24-27-23(30)22-13-21(25-26-22)17-9-11-19(31-3)12-10-17/h4-14H,1-3H3,(H,25,26)(H,27,30)/b24-14-. The monoisotopic (exact) mass is 414 g/mol. The van der Waals surface area contributed by atoms with E-state index in [9.17, 15) is 4.79 Å². The summed E-state index contributed by atoms with van der Waals surface area (Å²) in [6.07, 6.45) is 1.61. The first kappa shape index (κ1) is 20.1. The third kappa shape index (κ3) is 4.23. The zero-order valence-corrected chi connectivity index (χ0v) is 17.5. The van der Waals surface area contributed by atoms with E-state index >= 15 is 0 Å². The van der Waals surface area contributed by atoms with Crippen molar-refractivity contribution in [1.82, 2.24) is 25.4 Å². The SMILES string of the molecule is COc1ccc(-c2cc(C(=O)N/N=C\c3c(C)nn(-c4ccccc4)c3C)[nH]n2)cc1. The van der Waals surface area contributed by atoms with Crippen LogP contribution in [0, 0.1) is 13.8 Å². The molecule has 0 saturated carbocycles. The van der Waals surface area contributed by atoms with E-state index in [0.717, 1.165) is 34.0 Å². The maximum absolute atomic E-state index is 12.4. The fraction of sp³-hybridized carbons (Fsp3) is 0.130. The fourth-order valence-corrected chi connectivity index (χ4v) is 3.23. The van der Waals surface area contributed by atoms with Gasteiger partial charge in [-0.25, -0.2) is 10.1 Å². The molecule has 0 unspecified atom stereocenters. The highest BCUT2D eigenvalue weighted by Crippen LogP contribution is 2.21. The summed E-state index contributed by atoms with van der Waals surface area (Å²) >= 11 is 0. The number of carbonyl (C=O) groups excluding carboxylic acids is 1. The number of aromatic nitrogens is 4. The Morgan fingerprint density at radius 1 is 1.13 bits per heavy atom. The van der Waals surface area contributed by atoms with Gasteiger partial charge in [0.25, 0.3) is 5.91 Å². The summed E-state index contributed by atoms with van der Waals surface area (Å²) in [5, 5.41) is 15.6. The zero-order valence-electron chi connectivity index (χ0n) is 17.5. The van der Waals surface area contributed by atoms with Crippen LogP contribution in [-0.2, 0) is 0 Å². The summed E-state index contributed by atoms with van der Waals surface area (Å²) in [5.41, 5.74) is 7.97. The van der Waals surface area contributed by atoms with Crippen LogP contribution in [0.5, 0.6) is 5.75 Å². The van der Waals surface area contributed by atoms with E-state index in [1.54, 1.807) is 19.4 Å². The second-order valence-corrected chi connectivity index (χ2v) is 6.93. The van der Waals surface area contributed by atoms with E-state index in [4.69, 9.17) is 4.74 Å². The number of amides is 1. The van der Waals surface area contributed by atoms with E-state index in [1.807, 2.05) is 73.1 Å². The average molecular weight is 414 g/mol. The number of hydrogen-bond donors (Lipinski definition) is 2. The largest absolute Gasteiger partial charge is 0.497 e. The van der Waals surface area contributed by atoms with E-state index < -0.39 is 0 Å². The molecule has 0 atom stereocenters. The summed E-state index contributed by atoms with van der Waals surface area (Å²) in [6.45, 7) is 3.87. The second-order valence-electron chi connectivity index (χ2n) is 6.93. The number of nitrogens with one attached hydrogen (secondary N) is 2. The second kappa shape index (κ2) is 8.66. The number of carbonyl (C=O) groups is 1. The van der Waals surface area contributed by atoms with Crippen molar-refractivity contribution in [2.75, 3.05) is 7.11 Å². The molecule has 8 heteroatoms. The molecule has 1 amide bonds. The quantitative estimate of drug-likeness (QED) is 0.372. The van der Waals surface area contributed by atoms with Gasteiger partial charge in [-0.1, -0.05) is 18.2 Å². The smallest absolute Gasteiger partial charge is 0.289 e. The highest BCUT2D eigenvalue weighted by atomic mass is 16.5. The van der Waals surface area contributed by atoms with Gasteiger partial charge in [0.2, 0.25) is 0 Å². The lowest BCUT2D eigenvalue weighted by Crippen LogP contribution is -2.18. The number of H-pyrrole nitrogens is 1. The molecule has 2 aromatic carbocycles. The molecule has 0 aliphatic carbocycles. The number of benzene rings is 2. The van der Waals surface area contributed by atoms with Crippen LogP contribution in [0.15, 0.2) is 65.8 Å². The number of ether oxygens (including phenoxy) is 1. The van der Waals surface area contributed by atoms with Crippen LogP contribution in [-0.4, -0.2) is 39.2 Å². The molecule has 2 N–H and O–H groups in total. The Hall–Kier alpha value is -4.20. The van der Waals surface area contributed by atoms with Crippen molar-refractivity contribution >= 4 is 12.1 Å². The minimum atomic E-state index is -0.380. The van der Waals surface area contributed by atoms with Gasteiger partial charge >= 0.3 is 0 Å². The van der Waals surface area contributed by atoms with Gasteiger partial charge in [0.1, 0.15) is 11.4 Å². The first-order valence-corrected chi connectivity index (χ1v) is 9.71. The lowest BCUT2D eigenvalue weighted by atomic mass is 10.1. The highest BCUT2D eigenvalue weighted by Gasteiger charge is 2.13. The molecule has 0 radical (unpaired) electrons. The molecule has 2 aromatic heterocycles. The normalized spacial score (nSPS) is 11.1. The Morgan fingerprint density at radius 3 is 2.58 bits per heavy atom. The Balaban J connectivity index is 1.46. The minimum Gasteiger partial charge on any atom is -0.497 e. The van der Waals surface area contributed by atoms with Crippen molar-refractivity contribution in [1.29, 1.82) is 0 Å². The molecule has 0 bridgehead atoms. The van der Waals surface area contributed by atoms with Gasteiger partial charge in [-0.05, 0) is 56.3 Å². The highest BCUT2D eigenvalue weighted by molar-refractivity contribution is 5.94. The number of nitrogens with zero attached hydrogens (tertiary/aromatic N) is 4. The Labute approximate surface area is 179 Å². The van der Waals surface area contributed by atoms with Crippen LogP contribution in [0.1, 0.15) is 27.4 Å². The first-order chi connectivity index (χ1) is 15.1. The van der Waals surface area contributed by atoms with Crippen LogP contribution < -0.4 is 10.2 Å². The number of aromatic amines is 1. The van der Waals surface area contributed by atoms with E-state index in [2.05, 4.69) is 25.8 Å². The van der Waals surface area contributed by atoms with E-state index in [1.165, 1.54) is 0 Å². The summed E-state index contributed by atoms with van der Waals surface area (Å²) in [5.74, 6) is 0.377. The maximum atomic E-state index is 12.4. The van der Waals surface area contributed by atoms with Crippen LogP contribution in [0.25, 0.3) is 16.9 Å². The molecule has 0 fully saturated rings. The van der Waals surface area contributed by atoms with Gasteiger partial charge in [0.05, 0.1) is 36.1 Å². The predicted octanol–water partition coefficient (Wildman–Crippen LogP) is 3.65. The zero-order chi connectivity index (χ0) is 21.8. The molecule has 8 nitrogen and oxygen atoms in total. The Morgan fingerprint density at radius 2 is 1.87 bits per heavy atom. The van der Waals surface area contributed by atoms with Crippen LogP contribution >= 0.6 is 0 Å². The lowest BCUT2D eigenvalue weighted by molar-refractivity contribution is 0.0950. The molecular formula is C23H22N6O2. The number of hydrazone groups is 1. The van der Waals surface area contributed by atoms with Gasteiger partial charge in [0.15, 0.2) is 0 Å². The molecule has 0 spiro atoms. The molecule has 156 valence electrons. The molecule has 31 heavy (non-hydrogen) atoms. The number of para-hydroxylation sites is 1. The first-order valence-electron chi connectivity index (χ1n) is 9.71. The van der Waals surface area contributed by atoms with Crippen LogP contribution in [0.3, 0.4) is 0 Å². The third-order valence-electron chi connectivity index (χ3n) is 4.92. The predicted molar refractivity (Wildman–Crippen MR) is 119 cm³/mol. The molecular weight excluding hydrogens is 392 g/mol. The molecule has 4 aromatic rings. The van der Waals surface area contributed by atoms with Crippen molar-refractivity contribution in [2.24, 2.45) is 5.10 Å². The molecule has 0 saturated heterocycles. The van der Waals surface area contributed by atoms with Gasteiger partial charge in [-0.2, -0.15) is 15.3 Å². The maximum Gasteiger partial charge on any atom is 0.289 e. The number of methoxy groups -OCH3 is 1. The topological polar surface area (TPSA) is 97.2 Å². The van der Waals surface area contributed by atoms with Crippen molar-refractivity contribution in [2.45, 2.75) is 13.8 Å². The van der Waals surface area contributed by atoms with Crippen molar-refractivity contribution in [3.63, 3.8) is 0 Å². The van der Waals surface area contributed by atoms with Gasteiger partial charge in [-0.3, -0.25) is 9.89 Å². The summed E-state index contributed by atoms with van der Waals surface area (Å²) in [7, 11) is 1.61. The van der Waals surface area contributed by atoms with E-state index in [0.29, 0.717) is 11.4 Å². The Kier molecular flexibility index (Phi) is 5.61. The molecule has 2 heterocycles. The number of rotatable bonds is 6. The molecule has 4 rings (SSSR count). The van der Waals surface area contributed by atoms with Gasteiger partial charge in [-0.15, -0.1) is 0 Å². The Bertz CT molecular complexity index is 1220. The van der Waals surface area contributed by atoms with Crippen molar-refractivity contribution < 1.29 is 9.53 Å². The van der Waals surface area contributed by atoms with Crippen LogP contribution in [0.4, 0.5) is 0 Å². The van der Waals surface area contributed by atoms with Crippen LogP contribution in [0.2, 0.25) is 0 Å².